The van der Waals surface area contributed by atoms with Crippen molar-refractivity contribution in [1.82, 2.24) is 5.32 Å². The summed E-state index contributed by atoms with van der Waals surface area (Å²) in [5.74, 6) is 1.38. The zero-order valence-corrected chi connectivity index (χ0v) is 18.9. The van der Waals surface area contributed by atoms with Crippen molar-refractivity contribution in [3.8, 4) is 0 Å². The average Bonchev–Trinajstić information content (AvgIpc) is 3.26. The van der Waals surface area contributed by atoms with Gasteiger partial charge in [-0.2, -0.15) is 0 Å². The summed E-state index contributed by atoms with van der Waals surface area (Å²) in [6.07, 6.45) is 17.5. The normalized spacial score (nSPS) is 29.1. The van der Waals surface area contributed by atoms with E-state index in [1.807, 2.05) is 0 Å². The van der Waals surface area contributed by atoms with Gasteiger partial charge in [0.2, 0.25) is 0 Å². The van der Waals surface area contributed by atoms with Crippen LogP contribution in [0.5, 0.6) is 0 Å². The van der Waals surface area contributed by atoms with E-state index < -0.39 is 5.60 Å². The van der Waals surface area contributed by atoms with Crippen LogP contribution in [0.3, 0.4) is 0 Å². The van der Waals surface area contributed by atoms with Crippen molar-refractivity contribution >= 4 is 10.8 Å². The summed E-state index contributed by atoms with van der Waals surface area (Å²) in [4.78, 5) is 0. The molecule has 0 spiro atoms. The number of aliphatic hydroxyl groups is 1. The first kappa shape index (κ1) is 21.0. The maximum Gasteiger partial charge on any atom is 0.0893 e. The van der Waals surface area contributed by atoms with Gasteiger partial charge in [0, 0.05) is 12.1 Å². The molecule has 3 aliphatic carbocycles. The Hall–Kier alpha value is -1.90. The van der Waals surface area contributed by atoms with Gasteiger partial charge < -0.3 is 10.4 Å². The summed E-state index contributed by atoms with van der Waals surface area (Å²) in [5, 5.41) is 17.6. The van der Waals surface area contributed by atoms with Crippen LogP contribution < -0.4 is 5.32 Å². The van der Waals surface area contributed by atoms with E-state index in [0.717, 1.165) is 38.0 Å². The smallest absolute Gasteiger partial charge is 0.0893 e. The molecule has 2 heteroatoms. The zero-order chi connectivity index (χ0) is 21.3. The van der Waals surface area contributed by atoms with Gasteiger partial charge in [-0.25, -0.2) is 0 Å². The van der Waals surface area contributed by atoms with Gasteiger partial charge in [-0.15, -0.1) is 0 Å². The third kappa shape index (κ3) is 4.38. The first-order valence-corrected chi connectivity index (χ1v) is 12.5. The van der Waals surface area contributed by atoms with Gasteiger partial charge in [-0.1, -0.05) is 80.0 Å². The molecule has 0 amide bonds. The topological polar surface area (TPSA) is 32.3 Å². The fourth-order valence-electron chi connectivity index (χ4n) is 6.42. The number of allylic oxidation sites excluding steroid dienone is 2. The summed E-state index contributed by atoms with van der Waals surface area (Å²) in [6.45, 7) is 2.32. The molecule has 4 atom stereocenters. The van der Waals surface area contributed by atoms with E-state index in [1.54, 1.807) is 0 Å². The lowest BCUT2D eigenvalue weighted by molar-refractivity contribution is 0.0887. The predicted octanol–water partition coefficient (Wildman–Crippen LogP) is 6.86. The molecule has 2 fully saturated rings. The van der Waals surface area contributed by atoms with Crippen LogP contribution in [0, 0.1) is 11.8 Å². The molecule has 1 unspecified atom stereocenters. The Kier molecular flexibility index (Phi) is 6.03. The van der Waals surface area contributed by atoms with Crippen LogP contribution in [0.15, 0.2) is 66.3 Å². The first-order valence-electron chi connectivity index (χ1n) is 12.5. The number of rotatable bonds is 5. The molecule has 0 bridgehead atoms. The molecule has 2 aromatic carbocycles. The Morgan fingerprint density at radius 3 is 2.61 bits per heavy atom. The van der Waals surface area contributed by atoms with Crippen LogP contribution in [0.2, 0.25) is 0 Å². The van der Waals surface area contributed by atoms with Crippen LogP contribution in [0.25, 0.3) is 10.8 Å². The van der Waals surface area contributed by atoms with Crippen molar-refractivity contribution in [2.75, 3.05) is 0 Å². The molecule has 0 saturated heterocycles. The van der Waals surface area contributed by atoms with E-state index in [4.69, 9.17) is 0 Å². The fourth-order valence-corrected chi connectivity index (χ4v) is 6.42. The van der Waals surface area contributed by atoms with Crippen LogP contribution in [-0.2, 0) is 0 Å². The van der Waals surface area contributed by atoms with Gasteiger partial charge >= 0.3 is 0 Å². The molecule has 3 aliphatic rings. The minimum absolute atomic E-state index is 0.361. The third-order valence-electron chi connectivity index (χ3n) is 8.20. The molecule has 0 heterocycles. The molecule has 0 aliphatic heterocycles. The molecule has 0 radical (unpaired) electrons. The molecule has 0 aromatic heterocycles. The summed E-state index contributed by atoms with van der Waals surface area (Å²) in [5.41, 5.74) is 2.07. The minimum atomic E-state index is -0.536. The highest BCUT2D eigenvalue weighted by molar-refractivity contribution is 5.86. The van der Waals surface area contributed by atoms with Crippen molar-refractivity contribution in [2.45, 2.75) is 82.4 Å². The molecule has 31 heavy (non-hydrogen) atoms. The van der Waals surface area contributed by atoms with Gasteiger partial charge in [-0.3, -0.25) is 0 Å². The maximum atomic E-state index is 10.9. The number of hydrogen-bond donors (Lipinski definition) is 2. The fraction of sp³-hybridized carbons (Fsp3) is 0.517. The van der Waals surface area contributed by atoms with Crippen molar-refractivity contribution in [1.29, 1.82) is 0 Å². The Morgan fingerprint density at radius 2 is 1.81 bits per heavy atom. The van der Waals surface area contributed by atoms with Crippen LogP contribution in [-0.4, -0.2) is 16.7 Å². The number of benzene rings is 2. The number of nitrogens with one attached hydrogen (secondary N) is 1. The van der Waals surface area contributed by atoms with E-state index in [2.05, 4.69) is 72.9 Å². The average molecular weight is 416 g/mol. The maximum absolute atomic E-state index is 10.9. The zero-order valence-electron chi connectivity index (χ0n) is 18.9. The quantitative estimate of drug-likeness (QED) is 0.559. The molecule has 2 nitrogen and oxygen atoms in total. The SMILES string of the molecule is C[C@@H](N[C@H]1CCC[C@H](C2C=CC(C3(O)CCCC3)=CC2)C1)c1cccc2ccccc12. The van der Waals surface area contributed by atoms with Gasteiger partial charge in [0.1, 0.15) is 0 Å². The highest BCUT2D eigenvalue weighted by Gasteiger charge is 2.36. The van der Waals surface area contributed by atoms with Gasteiger partial charge in [-0.05, 0) is 79.2 Å². The largest absolute Gasteiger partial charge is 0.385 e. The number of hydrogen-bond acceptors (Lipinski definition) is 2. The van der Waals surface area contributed by atoms with Crippen molar-refractivity contribution < 1.29 is 5.11 Å². The van der Waals surface area contributed by atoms with Crippen LogP contribution in [0.1, 0.15) is 76.3 Å². The van der Waals surface area contributed by atoms with Gasteiger partial charge in [0.15, 0.2) is 0 Å². The molecule has 2 N–H and O–H groups in total. The first-order chi connectivity index (χ1) is 15.1. The Labute approximate surface area is 187 Å². The Bertz CT molecular complexity index is 962. The highest BCUT2D eigenvalue weighted by atomic mass is 16.3. The third-order valence-corrected chi connectivity index (χ3v) is 8.20. The van der Waals surface area contributed by atoms with E-state index in [9.17, 15) is 5.11 Å². The highest BCUT2D eigenvalue weighted by Crippen LogP contribution is 2.41. The lowest BCUT2D eigenvalue weighted by Gasteiger charge is -2.37. The van der Waals surface area contributed by atoms with Crippen molar-refractivity contribution in [3.63, 3.8) is 0 Å². The van der Waals surface area contributed by atoms with E-state index in [1.165, 1.54) is 47.6 Å². The molecule has 5 rings (SSSR count). The van der Waals surface area contributed by atoms with E-state index in [-0.39, 0.29) is 0 Å². The summed E-state index contributed by atoms with van der Waals surface area (Å²) in [7, 11) is 0. The minimum Gasteiger partial charge on any atom is -0.385 e. The second kappa shape index (κ2) is 8.92. The van der Waals surface area contributed by atoms with Crippen molar-refractivity contribution in [3.05, 3.63) is 71.8 Å². The standard InChI is InChI=1S/C29H37NO/c1-21(27-13-7-9-23-8-2-3-12-28(23)27)30-26-11-6-10-24(20-26)22-14-16-25(17-15-22)29(31)18-4-5-19-29/h2-3,7-9,12-14,16-17,21-22,24,26,30-31H,4-6,10-11,15,18-20H2,1H3/t21-,22?,24+,26+/m1/s1. The van der Waals surface area contributed by atoms with E-state index in [0.29, 0.717) is 18.0 Å². The molecule has 2 saturated carbocycles. The van der Waals surface area contributed by atoms with Gasteiger partial charge in [0.25, 0.3) is 0 Å². The lowest BCUT2D eigenvalue weighted by Crippen LogP contribution is -2.37. The predicted molar refractivity (Wildman–Crippen MR) is 130 cm³/mol. The number of fused-ring (bicyclic) bond motifs is 1. The second-order valence-corrected chi connectivity index (χ2v) is 10.2. The summed E-state index contributed by atoms with van der Waals surface area (Å²) >= 11 is 0. The van der Waals surface area contributed by atoms with E-state index >= 15 is 0 Å². The lowest BCUT2D eigenvalue weighted by atomic mass is 9.73. The molecular weight excluding hydrogens is 378 g/mol. The molecule has 2 aromatic rings. The molecule has 164 valence electrons. The monoisotopic (exact) mass is 415 g/mol. The molecular formula is C29H37NO. The second-order valence-electron chi connectivity index (χ2n) is 10.2. The Balaban J connectivity index is 1.22. The van der Waals surface area contributed by atoms with Crippen LogP contribution in [0.4, 0.5) is 0 Å². The van der Waals surface area contributed by atoms with Crippen LogP contribution >= 0.6 is 0 Å². The van der Waals surface area contributed by atoms with Crippen molar-refractivity contribution in [2.24, 2.45) is 11.8 Å². The summed E-state index contributed by atoms with van der Waals surface area (Å²) < 4.78 is 0. The Morgan fingerprint density at radius 1 is 1.00 bits per heavy atom. The van der Waals surface area contributed by atoms with Gasteiger partial charge in [0.05, 0.1) is 5.60 Å². The summed E-state index contributed by atoms with van der Waals surface area (Å²) in [6, 6.07) is 16.4.